The quantitative estimate of drug-likeness (QED) is 0.212. The molecule has 0 aliphatic carbocycles. The van der Waals surface area contributed by atoms with E-state index in [-0.39, 0.29) is 0 Å². The smallest absolute Gasteiger partial charge is 0.227 e. The molecule has 8 rings (SSSR count). The molecule has 0 unspecified atom stereocenters. The molecule has 0 atom stereocenters. The number of aryl methyl sites for hydroxylation is 4. The van der Waals surface area contributed by atoms with Crippen LogP contribution >= 0.6 is 0 Å². The highest BCUT2D eigenvalue weighted by molar-refractivity contribution is 6.09. The highest BCUT2D eigenvalue weighted by Crippen LogP contribution is 2.40. The Labute approximate surface area is 256 Å². The lowest BCUT2D eigenvalue weighted by Crippen LogP contribution is -2.03. The van der Waals surface area contributed by atoms with Gasteiger partial charge in [0.2, 0.25) is 5.71 Å². The molecule has 0 N–H and O–H groups in total. The van der Waals surface area contributed by atoms with Gasteiger partial charge >= 0.3 is 0 Å². The first-order chi connectivity index (χ1) is 21.5. The van der Waals surface area contributed by atoms with Crippen LogP contribution in [0.2, 0.25) is 0 Å². The van der Waals surface area contributed by atoms with Gasteiger partial charge in [0.25, 0.3) is 0 Å². The number of aromatic nitrogens is 3. The van der Waals surface area contributed by atoms with Crippen molar-refractivity contribution in [1.82, 2.24) is 14.5 Å². The van der Waals surface area contributed by atoms with E-state index < -0.39 is 0 Å². The Morgan fingerprint density at radius 3 is 2.05 bits per heavy atom. The molecule has 0 saturated carbocycles. The van der Waals surface area contributed by atoms with Gasteiger partial charge in [-0.05, 0) is 104 Å². The fourth-order valence-electron chi connectivity index (χ4n) is 6.75. The number of rotatable bonds is 4. The number of pyridine rings is 1. The number of para-hydroxylation sites is 3. The van der Waals surface area contributed by atoms with E-state index in [0.717, 1.165) is 55.7 Å². The zero-order valence-electron chi connectivity index (χ0n) is 25.2. The number of nitrogens with zero attached hydrogens (tertiary/aromatic N) is 3. The standard InChI is InChI=1S/C40H31N3O/c1-24-12-10-13-25(2)36(24)34-21-20-31-30-16-11-17-32(38(30)44-40(31)42-34)39-41-33-18-8-9-19-35(33)43(39)37-26(3)22-29(23-27(37)4)28-14-6-5-7-15-28/h5-23H,1-4H3. The molecule has 3 aromatic heterocycles. The van der Waals surface area contributed by atoms with Crippen LogP contribution in [0.3, 0.4) is 0 Å². The molecule has 0 fully saturated rings. The molecule has 4 nitrogen and oxygen atoms in total. The zero-order chi connectivity index (χ0) is 29.9. The maximum absolute atomic E-state index is 6.64. The summed E-state index contributed by atoms with van der Waals surface area (Å²) in [5, 5.41) is 2.03. The Balaban J connectivity index is 1.36. The fraction of sp³-hybridized carbons (Fsp3) is 0.100. The van der Waals surface area contributed by atoms with Crippen molar-refractivity contribution in [3.63, 3.8) is 0 Å². The number of hydrogen-bond donors (Lipinski definition) is 0. The van der Waals surface area contributed by atoms with Crippen LogP contribution in [0.15, 0.2) is 120 Å². The van der Waals surface area contributed by atoms with E-state index in [0.29, 0.717) is 5.71 Å². The topological polar surface area (TPSA) is 43.9 Å². The molecule has 0 bridgehead atoms. The van der Waals surface area contributed by atoms with Crippen molar-refractivity contribution in [2.75, 3.05) is 0 Å². The van der Waals surface area contributed by atoms with E-state index in [4.69, 9.17) is 14.4 Å². The minimum Gasteiger partial charge on any atom is -0.437 e. The van der Waals surface area contributed by atoms with E-state index in [1.165, 1.54) is 33.4 Å². The zero-order valence-corrected chi connectivity index (χ0v) is 25.2. The molecule has 44 heavy (non-hydrogen) atoms. The summed E-state index contributed by atoms with van der Waals surface area (Å²) in [5.74, 6) is 0.851. The number of furan rings is 1. The van der Waals surface area contributed by atoms with Crippen LogP contribution in [-0.4, -0.2) is 14.5 Å². The molecule has 0 saturated heterocycles. The van der Waals surface area contributed by atoms with Gasteiger partial charge in [-0.3, -0.25) is 4.57 Å². The molecule has 5 aromatic carbocycles. The van der Waals surface area contributed by atoms with Crippen LogP contribution in [0.4, 0.5) is 0 Å². The summed E-state index contributed by atoms with van der Waals surface area (Å²) in [6.45, 7) is 8.64. The summed E-state index contributed by atoms with van der Waals surface area (Å²) in [5.41, 5.74) is 14.8. The summed E-state index contributed by atoms with van der Waals surface area (Å²) in [7, 11) is 0. The largest absolute Gasteiger partial charge is 0.437 e. The van der Waals surface area contributed by atoms with Crippen LogP contribution in [-0.2, 0) is 0 Å². The first-order valence-corrected chi connectivity index (χ1v) is 15.0. The molecule has 0 aliphatic rings. The van der Waals surface area contributed by atoms with Gasteiger partial charge in [0.15, 0.2) is 0 Å². The van der Waals surface area contributed by atoms with Gasteiger partial charge in [0.05, 0.1) is 28.0 Å². The lowest BCUT2D eigenvalue weighted by molar-refractivity contribution is 0.655. The molecule has 212 valence electrons. The third kappa shape index (κ3) is 4.06. The normalized spacial score (nSPS) is 11.6. The van der Waals surface area contributed by atoms with E-state index in [1.54, 1.807) is 0 Å². The number of benzene rings is 5. The van der Waals surface area contributed by atoms with E-state index >= 15 is 0 Å². The molecular weight excluding hydrogens is 538 g/mol. The predicted octanol–water partition coefficient (Wildman–Crippen LogP) is 10.6. The Morgan fingerprint density at radius 1 is 0.568 bits per heavy atom. The lowest BCUT2D eigenvalue weighted by Gasteiger charge is -2.17. The van der Waals surface area contributed by atoms with Gasteiger partial charge in [-0.1, -0.05) is 72.8 Å². The molecule has 0 amide bonds. The lowest BCUT2D eigenvalue weighted by atomic mass is 9.98. The molecule has 3 heterocycles. The van der Waals surface area contributed by atoms with E-state index in [1.807, 2.05) is 6.07 Å². The van der Waals surface area contributed by atoms with Gasteiger partial charge in [0, 0.05) is 16.3 Å². The van der Waals surface area contributed by atoms with Crippen molar-refractivity contribution in [1.29, 1.82) is 0 Å². The maximum Gasteiger partial charge on any atom is 0.227 e. The number of imidazole rings is 1. The summed E-state index contributed by atoms with van der Waals surface area (Å²) in [6.07, 6.45) is 0. The van der Waals surface area contributed by atoms with Gasteiger partial charge in [0.1, 0.15) is 11.4 Å². The van der Waals surface area contributed by atoms with Crippen LogP contribution in [0, 0.1) is 27.7 Å². The molecular formula is C40H31N3O. The molecule has 0 spiro atoms. The van der Waals surface area contributed by atoms with Gasteiger partial charge < -0.3 is 4.42 Å². The maximum atomic E-state index is 6.64. The van der Waals surface area contributed by atoms with Crippen molar-refractivity contribution in [2.45, 2.75) is 27.7 Å². The van der Waals surface area contributed by atoms with Crippen molar-refractivity contribution >= 4 is 33.1 Å². The van der Waals surface area contributed by atoms with Gasteiger partial charge in [-0.25, -0.2) is 9.97 Å². The average Bonchev–Trinajstić information content (AvgIpc) is 3.59. The summed E-state index contributed by atoms with van der Waals surface area (Å²) in [6, 6.07) is 40.4. The first kappa shape index (κ1) is 26.2. The highest BCUT2D eigenvalue weighted by Gasteiger charge is 2.22. The van der Waals surface area contributed by atoms with Gasteiger partial charge in [-0.2, -0.15) is 0 Å². The molecule has 4 heteroatoms. The Morgan fingerprint density at radius 2 is 1.27 bits per heavy atom. The molecule has 0 radical (unpaired) electrons. The number of hydrogen-bond acceptors (Lipinski definition) is 3. The third-order valence-corrected chi connectivity index (χ3v) is 8.72. The predicted molar refractivity (Wildman–Crippen MR) is 181 cm³/mol. The summed E-state index contributed by atoms with van der Waals surface area (Å²) in [4.78, 5) is 10.2. The van der Waals surface area contributed by atoms with Crippen LogP contribution < -0.4 is 0 Å². The fourth-order valence-corrected chi connectivity index (χ4v) is 6.75. The minimum atomic E-state index is 0.634. The second-order valence-electron chi connectivity index (χ2n) is 11.7. The van der Waals surface area contributed by atoms with Crippen LogP contribution in [0.1, 0.15) is 22.3 Å². The number of fused-ring (bicyclic) bond motifs is 4. The van der Waals surface area contributed by atoms with Crippen LogP contribution in [0.25, 0.3) is 72.6 Å². The van der Waals surface area contributed by atoms with Crippen LogP contribution in [0.5, 0.6) is 0 Å². The Hall–Kier alpha value is -5.48. The second-order valence-corrected chi connectivity index (χ2v) is 11.7. The van der Waals surface area contributed by atoms with Crippen molar-refractivity contribution in [3.05, 3.63) is 138 Å². The van der Waals surface area contributed by atoms with Crippen molar-refractivity contribution in [3.8, 4) is 39.5 Å². The molecule has 8 aromatic rings. The SMILES string of the molecule is Cc1cccc(C)c1-c1ccc2c(n1)oc1c(-c3nc4ccccc4n3-c3c(C)cc(-c4ccccc4)cc3C)cccc12. The van der Waals surface area contributed by atoms with Crippen molar-refractivity contribution < 1.29 is 4.42 Å². The van der Waals surface area contributed by atoms with E-state index in [2.05, 4.69) is 141 Å². The summed E-state index contributed by atoms with van der Waals surface area (Å²) < 4.78 is 8.94. The monoisotopic (exact) mass is 569 g/mol. The third-order valence-electron chi connectivity index (χ3n) is 8.72. The Bertz CT molecular complexity index is 2330. The molecule has 0 aliphatic heterocycles. The Kier molecular flexibility index (Phi) is 5.98. The first-order valence-electron chi connectivity index (χ1n) is 15.0. The van der Waals surface area contributed by atoms with E-state index in [9.17, 15) is 0 Å². The average molecular weight is 570 g/mol. The van der Waals surface area contributed by atoms with Crippen molar-refractivity contribution in [2.24, 2.45) is 0 Å². The summed E-state index contributed by atoms with van der Waals surface area (Å²) >= 11 is 0. The minimum absolute atomic E-state index is 0.634. The van der Waals surface area contributed by atoms with Gasteiger partial charge in [-0.15, -0.1) is 0 Å². The highest BCUT2D eigenvalue weighted by atomic mass is 16.3. The second kappa shape index (κ2) is 10.1.